The highest BCUT2D eigenvalue weighted by molar-refractivity contribution is 5.65. The molecule has 0 aliphatic heterocycles. The molecule has 0 amide bonds. The Kier molecular flexibility index (Phi) is 4.38. The van der Waals surface area contributed by atoms with Gasteiger partial charge >= 0.3 is 0 Å². The third-order valence-electron chi connectivity index (χ3n) is 3.29. The summed E-state index contributed by atoms with van der Waals surface area (Å²) in [6, 6.07) is 9.14. The minimum Gasteiger partial charge on any atom is -0.313 e. The topological polar surface area (TPSA) is 29.9 Å². The lowest BCUT2D eigenvalue weighted by Crippen LogP contribution is -2.11. The Morgan fingerprint density at radius 2 is 1.89 bits per heavy atom. The molecule has 3 nitrogen and oxygen atoms in total. The average molecular weight is 257 g/mol. The van der Waals surface area contributed by atoms with Gasteiger partial charge in [0.1, 0.15) is 0 Å². The van der Waals surface area contributed by atoms with E-state index in [0.717, 1.165) is 18.8 Å². The van der Waals surface area contributed by atoms with E-state index in [4.69, 9.17) is 0 Å². The molecule has 19 heavy (non-hydrogen) atoms. The lowest BCUT2D eigenvalue weighted by Gasteiger charge is -2.04. The van der Waals surface area contributed by atoms with Crippen LogP contribution in [0.2, 0.25) is 0 Å². The minimum atomic E-state index is 0.403. The monoisotopic (exact) mass is 257 g/mol. The Labute approximate surface area is 115 Å². The zero-order valence-corrected chi connectivity index (χ0v) is 12.3. The van der Waals surface area contributed by atoms with Gasteiger partial charge in [0.15, 0.2) is 0 Å². The van der Waals surface area contributed by atoms with E-state index < -0.39 is 0 Å². The highest BCUT2D eigenvalue weighted by Crippen LogP contribution is 2.24. The molecule has 0 radical (unpaired) electrons. The van der Waals surface area contributed by atoms with Crippen molar-refractivity contribution in [1.82, 2.24) is 15.1 Å². The molecule has 0 bridgehead atoms. The molecule has 2 aromatic rings. The summed E-state index contributed by atoms with van der Waals surface area (Å²) >= 11 is 0. The fraction of sp³-hybridized carbons (Fsp3) is 0.438. The van der Waals surface area contributed by atoms with Gasteiger partial charge in [-0.05, 0) is 38.4 Å². The zero-order valence-electron chi connectivity index (χ0n) is 12.3. The normalized spacial score (nSPS) is 11.2. The number of hydrogen-bond donors (Lipinski definition) is 1. The van der Waals surface area contributed by atoms with Gasteiger partial charge in [-0.25, -0.2) is 0 Å². The summed E-state index contributed by atoms with van der Waals surface area (Å²) in [6.07, 6.45) is 2.14. The van der Waals surface area contributed by atoms with Gasteiger partial charge in [0, 0.05) is 24.3 Å². The van der Waals surface area contributed by atoms with E-state index in [0.29, 0.717) is 6.04 Å². The molecule has 2 rings (SSSR count). The standard InChI is InChI=1S/C16H23N3/c1-5-17-10-14-6-8-15(9-7-14)16-11-19(12(2)3)18-13(16)4/h6-9,11-12,17H,5,10H2,1-4H3. The third-order valence-corrected chi connectivity index (χ3v) is 3.29. The number of nitrogens with one attached hydrogen (secondary N) is 1. The molecule has 1 N–H and O–H groups in total. The number of rotatable bonds is 5. The van der Waals surface area contributed by atoms with E-state index in [1.165, 1.54) is 16.7 Å². The van der Waals surface area contributed by atoms with Gasteiger partial charge in [0.25, 0.3) is 0 Å². The molecule has 0 aliphatic carbocycles. The Balaban J connectivity index is 2.22. The van der Waals surface area contributed by atoms with Gasteiger partial charge in [-0.2, -0.15) is 5.10 Å². The molecule has 1 aromatic carbocycles. The van der Waals surface area contributed by atoms with E-state index in [1.54, 1.807) is 0 Å². The van der Waals surface area contributed by atoms with E-state index in [9.17, 15) is 0 Å². The van der Waals surface area contributed by atoms with Crippen molar-refractivity contribution in [3.05, 3.63) is 41.7 Å². The first kappa shape index (κ1) is 13.8. The van der Waals surface area contributed by atoms with Crippen LogP contribution in [0.15, 0.2) is 30.5 Å². The van der Waals surface area contributed by atoms with Crippen LogP contribution in [0.25, 0.3) is 11.1 Å². The second-order valence-corrected chi connectivity index (χ2v) is 5.18. The second kappa shape index (κ2) is 6.02. The van der Waals surface area contributed by atoms with Crippen molar-refractivity contribution < 1.29 is 0 Å². The van der Waals surface area contributed by atoms with Gasteiger partial charge in [-0.3, -0.25) is 4.68 Å². The predicted octanol–water partition coefficient (Wildman–Crippen LogP) is 3.55. The molecule has 102 valence electrons. The number of benzene rings is 1. The third kappa shape index (κ3) is 3.24. The quantitative estimate of drug-likeness (QED) is 0.887. The molecule has 3 heteroatoms. The molecular formula is C16H23N3. The molecule has 0 saturated carbocycles. The van der Waals surface area contributed by atoms with Gasteiger partial charge in [0.2, 0.25) is 0 Å². The average Bonchev–Trinajstić information content (AvgIpc) is 2.79. The van der Waals surface area contributed by atoms with Crippen LogP contribution in [0, 0.1) is 6.92 Å². The van der Waals surface area contributed by atoms with Crippen LogP contribution < -0.4 is 5.32 Å². The highest BCUT2D eigenvalue weighted by Gasteiger charge is 2.08. The Hall–Kier alpha value is -1.61. The summed E-state index contributed by atoms with van der Waals surface area (Å²) in [7, 11) is 0. The van der Waals surface area contributed by atoms with Crippen LogP contribution in [0.1, 0.15) is 38.1 Å². The van der Waals surface area contributed by atoms with Crippen molar-refractivity contribution >= 4 is 0 Å². The summed E-state index contributed by atoms with van der Waals surface area (Å²) in [5.74, 6) is 0. The maximum absolute atomic E-state index is 4.56. The lowest BCUT2D eigenvalue weighted by molar-refractivity contribution is 0.529. The first-order chi connectivity index (χ1) is 9.11. The summed E-state index contributed by atoms with van der Waals surface area (Å²) in [5.41, 5.74) is 4.88. The highest BCUT2D eigenvalue weighted by atomic mass is 15.3. The van der Waals surface area contributed by atoms with Crippen molar-refractivity contribution in [3.63, 3.8) is 0 Å². The molecule has 0 unspecified atom stereocenters. The van der Waals surface area contributed by atoms with E-state index >= 15 is 0 Å². The van der Waals surface area contributed by atoms with E-state index in [2.05, 4.69) is 68.6 Å². The van der Waals surface area contributed by atoms with Gasteiger partial charge < -0.3 is 5.32 Å². The zero-order chi connectivity index (χ0) is 13.8. The molecular weight excluding hydrogens is 234 g/mol. The maximum Gasteiger partial charge on any atom is 0.0672 e. The minimum absolute atomic E-state index is 0.403. The molecule has 0 saturated heterocycles. The molecule has 0 atom stereocenters. The first-order valence-electron chi connectivity index (χ1n) is 6.97. The number of nitrogens with zero attached hydrogens (tertiary/aromatic N) is 2. The fourth-order valence-electron chi connectivity index (χ4n) is 2.10. The van der Waals surface area contributed by atoms with Crippen molar-refractivity contribution in [2.24, 2.45) is 0 Å². The molecule has 0 spiro atoms. The number of hydrogen-bond acceptors (Lipinski definition) is 2. The summed E-state index contributed by atoms with van der Waals surface area (Å²) in [6.45, 7) is 10.4. The summed E-state index contributed by atoms with van der Waals surface area (Å²) in [4.78, 5) is 0. The Bertz CT molecular complexity index is 523. The molecule has 0 fully saturated rings. The fourth-order valence-corrected chi connectivity index (χ4v) is 2.10. The van der Waals surface area contributed by atoms with Gasteiger partial charge in [-0.15, -0.1) is 0 Å². The van der Waals surface area contributed by atoms with Crippen molar-refractivity contribution in [3.8, 4) is 11.1 Å². The van der Waals surface area contributed by atoms with Gasteiger partial charge in [-0.1, -0.05) is 31.2 Å². The number of aromatic nitrogens is 2. The van der Waals surface area contributed by atoms with Crippen molar-refractivity contribution in [2.45, 2.75) is 40.3 Å². The van der Waals surface area contributed by atoms with E-state index in [-0.39, 0.29) is 0 Å². The largest absolute Gasteiger partial charge is 0.313 e. The van der Waals surface area contributed by atoms with Crippen molar-refractivity contribution in [1.29, 1.82) is 0 Å². The van der Waals surface area contributed by atoms with Crippen LogP contribution in [-0.2, 0) is 6.54 Å². The van der Waals surface area contributed by atoms with Crippen LogP contribution in [-0.4, -0.2) is 16.3 Å². The summed E-state index contributed by atoms with van der Waals surface area (Å²) < 4.78 is 2.03. The maximum atomic E-state index is 4.56. The Morgan fingerprint density at radius 1 is 1.21 bits per heavy atom. The predicted molar refractivity (Wildman–Crippen MR) is 80.2 cm³/mol. The second-order valence-electron chi connectivity index (χ2n) is 5.18. The lowest BCUT2D eigenvalue weighted by atomic mass is 10.0. The number of aryl methyl sites for hydroxylation is 1. The van der Waals surface area contributed by atoms with Crippen LogP contribution >= 0.6 is 0 Å². The van der Waals surface area contributed by atoms with Gasteiger partial charge in [0.05, 0.1) is 5.69 Å². The van der Waals surface area contributed by atoms with Crippen LogP contribution in [0.3, 0.4) is 0 Å². The SMILES string of the molecule is CCNCc1ccc(-c2cn(C(C)C)nc2C)cc1. The molecule has 1 heterocycles. The molecule has 0 aliphatic rings. The van der Waals surface area contributed by atoms with Crippen molar-refractivity contribution in [2.75, 3.05) is 6.54 Å². The van der Waals surface area contributed by atoms with Crippen LogP contribution in [0.5, 0.6) is 0 Å². The smallest absolute Gasteiger partial charge is 0.0672 e. The summed E-state index contributed by atoms with van der Waals surface area (Å²) in [5, 5.41) is 7.90. The van der Waals surface area contributed by atoms with Crippen LogP contribution in [0.4, 0.5) is 0 Å². The first-order valence-corrected chi connectivity index (χ1v) is 6.97. The Morgan fingerprint density at radius 3 is 2.42 bits per heavy atom. The van der Waals surface area contributed by atoms with E-state index in [1.807, 2.05) is 4.68 Å². The molecule has 1 aromatic heterocycles.